The number of rotatable bonds is 6. The summed E-state index contributed by atoms with van der Waals surface area (Å²) in [6, 6.07) is 8.55. The third-order valence-electron chi connectivity index (χ3n) is 2.62. The molecule has 0 saturated heterocycles. The molecule has 0 aliphatic carbocycles. The summed E-state index contributed by atoms with van der Waals surface area (Å²) in [4.78, 5) is 23.9. The first kappa shape index (κ1) is 18.0. The number of carbonyl (C=O) groups excluding carboxylic acids is 2. The van der Waals surface area contributed by atoms with Crippen LogP contribution in [0.2, 0.25) is 0 Å². The minimum absolute atomic E-state index is 0.111. The summed E-state index contributed by atoms with van der Waals surface area (Å²) in [7, 11) is 0. The quantitative estimate of drug-likeness (QED) is 0.779. The van der Waals surface area contributed by atoms with Crippen LogP contribution in [0.15, 0.2) is 30.3 Å². The Bertz CT molecular complexity index is 483. The predicted molar refractivity (Wildman–Crippen MR) is 83.3 cm³/mol. The molecule has 0 aliphatic heterocycles. The molecule has 1 rings (SSSR count). The van der Waals surface area contributed by atoms with E-state index >= 15 is 0 Å². The number of nitrogens with one attached hydrogen (secondary N) is 1. The molecule has 0 unspecified atom stereocenters. The van der Waals surface area contributed by atoms with E-state index in [1.54, 1.807) is 20.8 Å². The second-order valence-corrected chi connectivity index (χ2v) is 5.84. The zero-order valence-corrected chi connectivity index (χ0v) is 13.3. The number of ether oxygens (including phenoxy) is 2. The molecule has 0 aromatic heterocycles. The van der Waals surface area contributed by atoms with E-state index in [1.807, 2.05) is 30.3 Å². The lowest BCUT2D eigenvalue weighted by Crippen LogP contribution is -2.45. The second-order valence-electron chi connectivity index (χ2n) is 5.84. The fraction of sp³-hybridized carbons (Fsp3) is 0.500. The zero-order chi connectivity index (χ0) is 16.6. The summed E-state index contributed by atoms with van der Waals surface area (Å²) in [6.45, 7) is 5.61. The van der Waals surface area contributed by atoms with Crippen LogP contribution in [0.1, 0.15) is 26.3 Å². The second kappa shape index (κ2) is 8.38. The van der Waals surface area contributed by atoms with Crippen LogP contribution in [0.25, 0.3) is 0 Å². The van der Waals surface area contributed by atoms with Gasteiger partial charge in [0, 0.05) is 13.0 Å². The van der Waals surface area contributed by atoms with E-state index in [-0.39, 0.29) is 13.2 Å². The van der Waals surface area contributed by atoms with Crippen molar-refractivity contribution in [3.63, 3.8) is 0 Å². The van der Waals surface area contributed by atoms with Crippen LogP contribution in [0.4, 0.5) is 4.79 Å². The van der Waals surface area contributed by atoms with E-state index in [1.165, 1.54) is 0 Å². The predicted octanol–water partition coefficient (Wildman–Crippen LogP) is 1.62. The Labute approximate surface area is 131 Å². The first-order valence-electron chi connectivity index (χ1n) is 7.22. The van der Waals surface area contributed by atoms with E-state index in [0.29, 0.717) is 6.42 Å². The summed E-state index contributed by atoms with van der Waals surface area (Å²) in [5.74, 6) is -0.528. The van der Waals surface area contributed by atoms with Crippen molar-refractivity contribution in [1.82, 2.24) is 5.32 Å². The molecule has 0 saturated carbocycles. The minimum atomic E-state index is -0.816. The lowest BCUT2D eigenvalue weighted by molar-refractivity contribution is -0.145. The van der Waals surface area contributed by atoms with Crippen LogP contribution in [-0.4, -0.2) is 36.9 Å². The Balaban J connectivity index is 2.73. The Morgan fingerprint density at radius 2 is 1.86 bits per heavy atom. The number of alkyl carbamates (subject to hydrolysis) is 1. The minimum Gasteiger partial charge on any atom is -0.463 e. The maximum absolute atomic E-state index is 12.1. The molecular formula is C16H24N2O4. The maximum atomic E-state index is 12.1. The van der Waals surface area contributed by atoms with Crippen LogP contribution < -0.4 is 11.1 Å². The standard InChI is InChI=1S/C16H24N2O4/c1-16(2,3)22-15(20)18-13(14(19)21-10-9-17)11-12-7-5-4-6-8-12/h4-8,13H,9-11,17H2,1-3H3,(H,18,20)/t13-/m0/s1. The molecule has 6 nitrogen and oxygen atoms in total. The highest BCUT2D eigenvalue weighted by atomic mass is 16.6. The molecule has 1 aromatic rings. The van der Waals surface area contributed by atoms with Gasteiger partial charge < -0.3 is 20.5 Å². The van der Waals surface area contributed by atoms with Crippen molar-refractivity contribution >= 4 is 12.1 Å². The van der Waals surface area contributed by atoms with Gasteiger partial charge in [-0.15, -0.1) is 0 Å². The van der Waals surface area contributed by atoms with Crippen molar-refractivity contribution < 1.29 is 19.1 Å². The topological polar surface area (TPSA) is 90.6 Å². The first-order valence-corrected chi connectivity index (χ1v) is 7.22. The molecule has 0 heterocycles. The molecule has 6 heteroatoms. The molecule has 0 spiro atoms. The van der Waals surface area contributed by atoms with Crippen LogP contribution in [0.5, 0.6) is 0 Å². The van der Waals surface area contributed by atoms with Crippen LogP contribution >= 0.6 is 0 Å². The molecule has 0 aliphatic rings. The molecule has 1 amide bonds. The van der Waals surface area contributed by atoms with Gasteiger partial charge in [-0.3, -0.25) is 0 Å². The number of benzene rings is 1. The summed E-state index contributed by atoms with van der Waals surface area (Å²) in [5, 5.41) is 2.55. The molecule has 122 valence electrons. The van der Waals surface area contributed by atoms with Crippen LogP contribution in [0, 0.1) is 0 Å². The van der Waals surface area contributed by atoms with Gasteiger partial charge in [0.1, 0.15) is 18.2 Å². The molecule has 0 bridgehead atoms. The van der Waals surface area contributed by atoms with Gasteiger partial charge in [0.25, 0.3) is 0 Å². The number of nitrogens with two attached hydrogens (primary N) is 1. The smallest absolute Gasteiger partial charge is 0.408 e. The highest BCUT2D eigenvalue weighted by Gasteiger charge is 2.25. The Kier molecular flexibility index (Phi) is 6.85. The van der Waals surface area contributed by atoms with Gasteiger partial charge in [0.2, 0.25) is 0 Å². The molecule has 1 atom stereocenters. The van der Waals surface area contributed by atoms with Crippen molar-refractivity contribution in [2.24, 2.45) is 5.73 Å². The van der Waals surface area contributed by atoms with Gasteiger partial charge in [-0.1, -0.05) is 30.3 Å². The zero-order valence-electron chi connectivity index (χ0n) is 13.3. The average Bonchev–Trinajstić information content (AvgIpc) is 2.43. The van der Waals surface area contributed by atoms with Crippen molar-refractivity contribution in [3.8, 4) is 0 Å². The van der Waals surface area contributed by atoms with Crippen LogP contribution in [0.3, 0.4) is 0 Å². The summed E-state index contributed by atoms with van der Waals surface area (Å²) in [5.41, 5.74) is 5.60. The van der Waals surface area contributed by atoms with Gasteiger partial charge in [0.05, 0.1) is 0 Å². The maximum Gasteiger partial charge on any atom is 0.408 e. The van der Waals surface area contributed by atoms with E-state index in [2.05, 4.69) is 5.32 Å². The third-order valence-corrected chi connectivity index (χ3v) is 2.62. The summed E-state index contributed by atoms with van der Waals surface area (Å²) < 4.78 is 10.2. The van der Waals surface area contributed by atoms with Gasteiger partial charge in [-0.2, -0.15) is 0 Å². The monoisotopic (exact) mass is 308 g/mol. The highest BCUT2D eigenvalue weighted by molar-refractivity contribution is 5.81. The van der Waals surface area contributed by atoms with Crippen molar-refractivity contribution in [3.05, 3.63) is 35.9 Å². The number of carbonyl (C=O) groups is 2. The van der Waals surface area contributed by atoms with E-state index in [0.717, 1.165) is 5.56 Å². The lowest BCUT2D eigenvalue weighted by atomic mass is 10.1. The van der Waals surface area contributed by atoms with Gasteiger partial charge >= 0.3 is 12.1 Å². The average molecular weight is 308 g/mol. The largest absolute Gasteiger partial charge is 0.463 e. The molecule has 0 fully saturated rings. The fourth-order valence-corrected chi connectivity index (χ4v) is 1.75. The van der Waals surface area contributed by atoms with Gasteiger partial charge in [-0.05, 0) is 26.3 Å². The van der Waals surface area contributed by atoms with Crippen LogP contribution in [-0.2, 0) is 20.7 Å². The number of hydrogen-bond acceptors (Lipinski definition) is 5. The Morgan fingerprint density at radius 3 is 2.41 bits per heavy atom. The SMILES string of the molecule is CC(C)(C)OC(=O)N[C@@H](Cc1ccccc1)C(=O)OCCN. The Hall–Kier alpha value is -2.08. The summed E-state index contributed by atoms with van der Waals surface area (Å²) >= 11 is 0. The molecule has 1 aromatic carbocycles. The third kappa shape index (κ3) is 7.08. The van der Waals surface area contributed by atoms with E-state index in [4.69, 9.17) is 15.2 Å². The number of hydrogen-bond donors (Lipinski definition) is 2. The lowest BCUT2D eigenvalue weighted by Gasteiger charge is -2.23. The van der Waals surface area contributed by atoms with Crippen molar-refractivity contribution in [1.29, 1.82) is 0 Å². The van der Waals surface area contributed by atoms with Gasteiger partial charge in [0.15, 0.2) is 0 Å². The molecule has 22 heavy (non-hydrogen) atoms. The van der Waals surface area contributed by atoms with Crippen molar-refractivity contribution in [2.75, 3.05) is 13.2 Å². The molecule has 3 N–H and O–H groups in total. The fourth-order valence-electron chi connectivity index (χ4n) is 1.75. The Morgan fingerprint density at radius 1 is 1.23 bits per heavy atom. The molecular weight excluding hydrogens is 284 g/mol. The van der Waals surface area contributed by atoms with Gasteiger partial charge in [-0.25, -0.2) is 9.59 Å². The normalized spacial score (nSPS) is 12.4. The van der Waals surface area contributed by atoms with Crippen molar-refractivity contribution in [2.45, 2.75) is 38.8 Å². The number of esters is 1. The first-order chi connectivity index (χ1) is 10.3. The number of amides is 1. The highest BCUT2D eigenvalue weighted by Crippen LogP contribution is 2.09. The van der Waals surface area contributed by atoms with E-state index < -0.39 is 23.7 Å². The van der Waals surface area contributed by atoms with E-state index in [9.17, 15) is 9.59 Å². The summed E-state index contributed by atoms with van der Waals surface area (Å²) in [6.07, 6.45) is -0.332. The molecule has 0 radical (unpaired) electrons.